The highest BCUT2D eigenvalue weighted by Gasteiger charge is 2.23. The molecular weight excluding hydrogens is 305 g/mol. The maximum Gasteiger partial charge on any atom is 0.243 e. The summed E-state index contributed by atoms with van der Waals surface area (Å²) in [5.74, 6) is 0.216. The summed E-state index contributed by atoms with van der Waals surface area (Å²) >= 11 is 0. The molecule has 2 aromatic carbocycles. The molecule has 0 aliphatic carbocycles. The van der Waals surface area contributed by atoms with Crippen molar-refractivity contribution in [3.63, 3.8) is 0 Å². The second-order valence-corrected chi connectivity index (χ2v) is 7.04. The lowest BCUT2D eigenvalue weighted by Gasteiger charge is -2.19. The molecule has 0 bridgehead atoms. The van der Waals surface area contributed by atoms with E-state index < -0.39 is 15.8 Å². The Morgan fingerprint density at radius 2 is 1.91 bits per heavy atom. The number of sulfonamides is 1. The fourth-order valence-electron chi connectivity index (χ4n) is 2.18. The zero-order valence-corrected chi connectivity index (χ0v) is 13.5. The summed E-state index contributed by atoms with van der Waals surface area (Å²) in [4.78, 5) is 0.110. The fourth-order valence-corrected chi connectivity index (χ4v) is 3.54. The molecule has 6 heteroatoms. The number of nitrogens with zero attached hydrogens (tertiary/aromatic N) is 1. The van der Waals surface area contributed by atoms with Crippen LogP contribution in [0, 0.1) is 12.7 Å². The quantitative estimate of drug-likeness (QED) is 0.850. The van der Waals surface area contributed by atoms with Crippen LogP contribution in [-0.4, -0.2) is 26.9 Å². The normalized spacial score (nSPS) is 11.7. The Balaban J connectivity index is 2.28. The number of methoxy groups -OCH3 is 1. The summed E-state index contributed by atoms with van der Waals surface area (Å²) in [6.07, 6.45) is 0. The Morgan fingerprint density at radius 3 is 2.55 bits per heavy atom. The number of halogens is 1. The molecule has 0 aliphatic rings. The zero-order valence-electron chi connectivity index (χ0n) is 12.7. The van der Waals surface area contributed by atoms with Crippen molar-refractivity contribution in [1.29, 1.82) is 0 Å². The number of ether oxygens (including phenoxy) is 1. The minimum absolute atomic E-state index is 0.110. The van der Waals surface area contributed by atoms with Crippen LogP contribution >= 0.6 is 0 Å². The Bertz CT molecular complexity index is 775. The molecule has 0 atom stereocenters. The van der Waals surface area contributed by atoms with Gasteiger partial charge in [0.15, 0.2) is 0 Å². The SMILES string of the molecule is COc1cccc(CN(C)S(=O)(=O)c2ccc(F)cc2C)c1. The molecular formula is C16H18FNO3S. The minimum Gasteiger partial charge on any atom is -0.497 e. The number of aryl methyl sites for hydroxylation is 1. The largest absolute Gasteiger partial charge is 0.497 e. The van der Waals surface area contributed by atoms with Gasteiger partial charge in [-0.2, -0.15) is 4.31 Å². The van der Waals surface area contributed by atoms with E-state index in [1.807, 2.05) is 6.07 Å². The van der Waals surface area contributed by atoms with Gasteiger partial charge in [0, 0.05) is 13.6 Å². The van der Waals surface area contributed by atoms with Gasteiger partial charge in [0.2, 0.25) is 10.0 Å². The van der Waals surface area contributed by atoms with E-state index >= 15 is 0 Å². The zero-order chi connectivity index (χ0) is 16.3. The minimum atomic E-state index is -3.68. The average Bonchev–Trinajstić information content (AvgIpc) is 2.47. The van der Waals surface area contributed by atoms with Crippen molar-refractivity contribution in [1.82, 2.24) is 4.31 Å². The molecule has 0 radical (unpaired) electrons. The molecule has 0 fully saturated rings. The lowest BCUT2D eigenvalue weighted by molar-refractivity contribution is 0.412. The molecule has 0 aliphatic heterocycles. The summed E-state index contributed by atoms with van der Waals surface area (Å²) in [6.45, 7) is 1.78. The molecule has 4 nitrogen and oxygen atoms in total. The van der Waals surface area contributed by atoms with Crippen LogP contribution in [-0.2, 0) is 16.6 Å². The predicted octanol–water partition coefficient (Wildman–Crippen LogP) is 2.96. The van der Waals surface area contributed by atoms with Crippen molar-refractivity contribution in [2.75, 3.05) is 14.2 Å². The summed E-state index contributed by atoms with van der Waals surface area (Å²) in [6, 6.07) is 10.9. The van der Waals surface area contributed by atoms with Crippen LogP contribution in [0.5, 0.6) is 5.75 Å². The van der Waals surface area contributed by atoms with E-state index in [0.29, 0.717) is 11.3 Å². The molecule has 2 rings (SSSR count). The van der Waals surface area contributed by atoms with E-state index in [2.05, 4.69) is 0 Å². The van der Waals surface area contributed by atoms with Gasteiger partial charge >= 0.3 is 0 Å². The maximum atomic E-state index is 13.1. The van der Waals surface area contributed by atoms with Crippen molar-refractivity contribution < 1.29 is 17.5 Å². The molecule has 0 amide bonds. The summed E-state index contributed by atoms with van der Waals surface area (Å²) in [5, 5.41) is 0. The third-order valence-corrected chi connectivity index (χ3v) is 5.33. The van der Waals surface area contributed by atoms with Crippen LogP contribution in [0.1, 0.15) is 11.1 Å². The second-order valence-electron chi connectivity index (χ2n) is 5.02. The van der Waals surface area contributed by atoms with Gasteiger partial charge in [-0.3, -0.25) is 0 Å². The highest BCUT2D eigenvalue weighted by Crippen LogP contribution is 2.22. The smallest absolute Gasteiger partial charge is 0.243 e. The highest BCUT2D eigenvalue weighted by atomic mass is 32.2. The molecule has 0 aromatic heterocycles. The van der Waals surface area contributed by atoms with E-state index in [4.69, 9.17) is 4.74 Å². The molecule has 118 valence electrons. The molecule has 0 N–H and O–H groups in total. The molecule has 0 unspecified atom stereocenters. The first-order valence-electron chi connectivity index (χ1n) is 6.70. The van der Waals surface area contributed by atoms with E-state index in [-0.39, 0.29) is 11.4 Å². The summed E-state index contributed by atoms with van der Waals surface area (Å²) in [5.41, 5.74) is 1.20. The van der Waals surface area contributed by atoms with Crippen molar-refractivity contribution in [2.24, 2.45) is 0 Å². The van der Waals surface area contributed by atoms with E-state index in [1.54, 1.807) is 32.2 Å². The van der Waals surface area contributed by atoms with Gasteiger partial charge in [-0.1, -0.05) is 12.1 Å². The van der Waals surface area contributed by atoms with E-state index in [0.717, 1.165) is 11.6 Å². The Kier molecular flexibility index (Phi) is 4.83. The van der Waals surface area contributed by atoms with Crippen LogP contribution in [0.3, 0.4) is 0 Å². The number of hydrogen-bond donors (Lipinski definition) is 0. The maximum absolute atomic E-state index is 13.1. The van der Waals surface area contributed by atoms with Gasteiger partial charge in [-0.05, 0) is 48.4 Å². The third-order valence-electron chi connectivity index (χ3n) is 3.36. The van der Waals surface area contributed by atoms with Gasteiger partial charge < -0.3 is 4.74 Å². The van der Waals surface area contributed by atoms with Gasteiger partial charge in [-0.15, -0.1) is 0 Å². The van der Waals surface area contributed by atoms with E-state index in [1.165, 1.54) is 23.5 Å². The standard InChI is InChI=1S/C16H18FNO3S/c1-12-9-14(17)7-8-16(12)22(19,20)18(2)11-13-5-4-6-15(10-13)21-3/h4-10H,11H2,1-3H3. The van der Waals surface area contributed by atoms with Crippen LogP contribution in [0.2, 0.25) is 0 Å². The number of rotatable bonds is 5. The van der Waals surface area contributed by atoms with Crippen LogP contribution in [0.25, 0.3) is 0 Å². The topological polar surface area (TPSA) is 46.6 Å². The highest BCUT2D eigenvalue weighted by molar-refractivity contribution is 7.89. The molecule has 2 aromatic rings. The molecule has 0 spiro atoms. The van der Waals surface area contributed by atoms with Gasteiger partial charge in [-0.25, -0.2) is 12.8 Å². The average molecular weight is 323 g/mol. The Labute approximate surface area is 130 Å². The lowest BCUT2D eigenvalue weighted by Crippen LogP contribution is -2.27. The predicted molar refractivity (Wildman–Crippen MR) is 82.8 cm³/mol. The van der Waals surface area contributed by atoms with Crippen LogP contribution < -0.4 is 4.74 Å². The summed E-state index contributed by atoms with van der Waals surface area (Å²) in [7, 11) is -0.624. The molecule has 0 saturated carbocycles. The number of benzene rings is 2. The molecule has 22 heavy (non-hydrogen) atoms. The van der Waals surface area contributed by atoms with Crippen LogP contribution in [0.4, 0.5) is 4.39 Å². The second kappa shape index (κ2) is 6.46. The molecule has 0 saturated heterocycles. The molecule has 0 heterocycles. The van der Waals surface area contributed by atoms with Crippen LogP contribution in [0.15, 0.2) is 47.4 Å². The monoisotopic (exact) mass is 323 g/mol. The fraction of sp³-hybridized carbons (Fsp3) is 0.250. The first-order valence-corrected chi connectivity index (χ1v) is 8.14. The van der Waals surface area contributed by atoms with E-state index in [9.17, 15) is 12.8 Å². The van der Waals surface area contributed by atoms with Crippen molar-refractivity contribution in [3.05, 3.63) is 59.4 Å². The Morgan fingerprint density at radius 1 is 1.18 bits per heavy atom. The van der Waals surface area contributed by atoms with Gasteiger partial charge in [0.1, 0.15) is 11.6 Å². The summed E-state index contributed by atoms with van der Waals surface area (Å²) < 4.78 is 44.7. The first kappa shape index (κ1) is 16.5. The Hall–Kier alpha value is -1.92. The third kappa shape index (κ3) is 3.45. The van der Waals surface area contributed by atoms with Gasteiger partial charge in [0.25, 0.3) is 0 Å². The lowest BCUT2D eigenvalue weighted by atomic mass is 10.2. The number of hydrogen-bond acceptors (Lipinski definition) is 3. The first-order chi connectivity index (χ1) is 10.3. The van der Waals surface area contributed by atoms with Crippen molar-refractivity contribution in [2.45, 2.75) is 18.4 Å². The van der Waals surface area contributed by atoms with Crippen molar-refractivity contribution in [3.8, 4) is 5.75 Å². The van der Waals surface area contributed by atoms with Crippen molar-refractivity contribution >= 4 is 10.0 Å². The van der Waals surface area contributed by atoms with Gasteiger partial charge in [0.05, 0.1) is 12.0 Å².